The summed E-state index contributed by atoms with van der Waals surface area (Å²) < 4.78 is 14.3. The molecule has 2 heterocycles. The molecule has 0 aliphatic heterocycles. The zero-order chi connectivity index (χ0) is 54.9. The van der Waals surface area contributed by atoms with Crippen LogP contribution in [0.3, 0.4) is 0 Å². The summed E-state index contributed by atoms with van der Waals surface area (Å²) in [6.45, 7) is 6.85. The molecule has 0 aliphatic carbocycles. The van der Waals surface area contributed by atoms with Gasteiger partial charge in [-0.15, -0.1) is 0 Å². The quantitative estimate of drug-likeness (QED) is 0.137. The van der Waals surface area contributed by atoms with Crippen LogP contribution in [0.2, 0.25) is 0 Å². The van der Waals surface area contributed by atoms with Crippen LogP contribution >= 0.6 is 0 Å². The predicted molar refractivity (Wildman–Crippen MR) is 346 cm³/mol. The zero-order valence-electron chi connectivity index (χ0n) is 45.8. The van der Waals surface area contributed by atoms with Gasteiger partial charge < -0.3 is 18.6 Å². The number of hydrogen-bond donors (Lipinski definition) is 0. The van der Waals surface area contributed by atoms with Crippen molar-refractivity contribution in [3.8, 4) is 44.5 Å². The molecule has 0 atom stereocenters. The van der Waals surface area contributed by atoms with E-state index in [9.17, 15) is 0 Å². The van der Waals surface area contributed by atoms with Gasteiger partial charge in [-0.2, -0.15) is 0 Å². The van der Waals surface area contributed by atoms with E-state index in [1.165, 1.54) is 11.1 Å². The maximum absolute atomic E-state index is 7.19. The van der Waals surface area contributed by atoms with Crippen LogP contribution in [0.25, 0.3) is 110 Å². The number of furan rings is 2. The largest absolute Gasteiger partial charge is 0.456 e. The van der Waals surface area contributed by atoms with Crippen LogP contribution in [0.4, 0.5) is 34.1 Å². The fourth-order valence-electron chi connectivity index (χ4n) is 12.4. The van der Waals surface area contributed by atoms with Crippen molar-refractivity contribution in [3.63, 3.8) is 0 Å². The summed E-state index contributed by atoms with van der Waals surface area (Å²) in [5.41, 5.74) is 20.0. The Morgan fingerprint density at radius 1 is 0.280 bits per heavy atom. The fraction of sp³-hybridized carbons (Fsp3) is 0.0513. The highest BCUT2D eigenvalue weighted by Gasteiger charge is 2.29. The van der Waals surface area contributed by atoms with Crippen molar-refractivity contribution in [1.82, 2.24) is 0 Å². The Morgan fingerprint density at radius 2 is 0.695 bits per heavy atom. The molecule has 4 heteroatoms. The molecule has 0 N–H and O–H groups in total. The second-order valence-corrected chi connectivity index (χ2v) is 22.5. The summed E-state index contributed by atoms with van der Waals surface area (Å²) in [6, 6.07) is 103. The maximum atomic E-state index is 7.19. The monoisotopic (exact) mass is 1050 g/mol. The van der Waals surface area contributed by atoms with E-state index in [0.717, 1.165) is 138 Å². The number of rotatable bonds is 10. The molecule has 4 nitrogen and oxygen atoms in total. The topological polar surface area (TPSA) is 32.8 Å². The van der Waals surface area contributed by atoms with Gasteiger partial charge in [-0.1, -0.05) is 215 Å². The van der Waals surface area contributed by atoms with E-state index in [0.29, 0.717) is 0 Å². The van der Waals surface area contributed by atoms with E-state index in [4.69, 9.17) is 8.83 Å². The van der Waals surface area contributed by atoms with E-state index in [-0.39, 0.29) is 5.41 Å². The van der Waals surface area contributed by atoms with Gasteiger partial charge in [-0.3, -0.25) is 0 Å². The normalized spacial score (nSPS) is 11.8. The third-order valence-electron chi connectivity index (χ3n) is 16.2. The van der Waals surface area contributed by atoms with E-state index in [1.807, 2.05) is 0 Å². The molecule has 390 valence electrons. The SMILES string of the molecule is CC(C)(C)c1c2oc3cc4cc(N(c5ccccc5)c5cc(-c6ccccc6)ccc5-c5ccccc5)ccc4cc3c2cc2oc3cc4cc(N(c5ccccc5)c5cc(-c6ccccc6)ccc5-c5ccccc5)ccc4cc3c12. The lowest BCUT2D eigenvalue weighted by atomic mass is 9.82. The number of anilines is 6. The first kappa shape index (κ1) is 48.7. The molecule has 15 rings (SSSR count). The lowest BCUT2D eigenvalue weighted by Crippen LogP contribution is -2.12. The first-order valence-electron chi connectivity index (χ1n) is 28.2. The Balaban J connectivity index is 0.870. The van der Waals surface area contributed by atoms with Gasteiger partial charge in [0.05, 0.1) is 11.4 Å². The minimum absolute atomic E-state index is 0.296. The van der Waals surface area contributed by atoms with Gasteiger partial charge in [-0.05, 0) is 151 Å². The molecular formula is C78H56N2O2. The Kier molecular flexibility index (Phi) is 11.7. The summed E-state index contributed by atoms with van der Waals surface area (Å²) in [5.74, 6) is 0. The Labute approximate surface area is 477 Å². The minimum Gasteiger partial charge on any atom is -0.456 e. The molecule has 0 saturated carbocycles. The summed E-state index contributed by atoms with van der Waals surface area (Å²) in [4.78, 5) is 4.79. The Morgan fingerprint density at radius 3 is 1.15 bits per heavy atom. The van der Waals surface area contributed by atoms with Crippen LogP contribution in [0.15, 0.2) is 294 Å². The predicted octanol–water partition coefficient (Wildman–Crippen LogP) is 22.7. The third-order valence-corrected chi connectivity index (χ3v) is 16.2. The van der Waals surface area contributed by atoms with Crippen molar-refractivity contribution in [2.24, 2.45) is 0 Å². The van der Waals surface area contributed by atoms with Crippen LogP contribution in [-0.4, -0.2) is 0 Å². The first-order valence-corrected chi connectivity index (χ1v) is 28.2. The summed E-state index contributed by atoms with van der Waals surface area (Å²) in [6.07, 6.45) is 0. The van der Waals surface area contributed by atoms with Crippen molar-refractivity contribution in [3.05, 3.63) is 291 Å². The maximum Gasteiger partial charge on any atom is 0.140 e. The van der Waals surface area contributed by atoms with Gasteiger partial charge in [0.1, 0.15) is 22.3 Å². The number of fused-ring (bicyclic) bond motifs is 8. The molecule has 82 heavy (non-hydrogen) atoms. The van der Waals surface area contributed by atoms with Crippen molar-refractivity contribution in [2.45, 2.75) is 26.2 Å². The second-order valence-electron chi connectivity index (χ2n) is 22.5. The highest BCUT2D eigenvalue weighted by molar-refractivity contribution is 6.21. The Bertz CT molecular complexity index is 4680. The molecule has 0 fully saturated rings. The lowest BCUT2D eigenvalue weighted by Gasteiger charge is -2.29. The van der Waals surface area contributed by atoms with Crippen molar-refractivity contribution >= 4 is 99.5 Å². The molecule has 13 aromatic carbocycles. The molecule has 0 saturated heterocycles. The molecule has 0 unspecified atom stereocenters. The zero-order valence-corrected chi connectivity index (χ0v) is 45.8. The van der Waals surface area contributed by atoms with E-state index < -0.39 is 0 Å². The summed E-state index contributed by atoms with van der Waals surface area (Å²) >= 11 is 0. The Hall–Kier alpha value is -10.4. The summed E-state index contributed by atoms with van der Waals surface area (Å²) in [7, 11) is 0. The van der Waals surface area contributed by atoms with Gasteiger partial charge in [0, 0.05) is 61.0 Å². The van der Waals surface area contributed by atoms with E-state index >= 15 is 0 Å². The molecule has 0 aliphatic rings. The van der Waals surface area contributed by atoms with Gasteiger partial charge in [0.2, 0.25) is 0 Å². The van der Waals surface area contributed by atoms with Crippen LogP contribution in [0, 0.1) is 0 Å². The van der Waals surface area contributed by atoms with Crippen LogP contribution in [0.1, 0.15) is 26.3 Å². The van der Waals surface area contributed by atoms with Crippen LogP contribution in [-0.2, 0) is 5.41 Å². The van der Waals surface area contributed by atoms with Gasteiger partial charge in [0.15, 0.2) is 0 Å². The van der Waals surface area contributed by atoms with Crippen LogP contribution in [0.5, 0.6) is 0 Å². The molecule has 0 bridgehead atoms. The summed E-state index contributed by atoms with van der Waals surface area (Å²) in [5, 5.41) is 8.72. The average Bonchev–Trinajstić information content (AvgIpc) is 3.54. The second kappa shape index (κ2) is 19.7. The standard InChI is InChI=1S/C78H56N2O2/c1-78(2,3)76-75-69-45-56-35-39-64(80(62-32-20-9-21-33-62)71-47-58(52-24-12-5-13-25-52)37-41-66(71)54-28-16-7-17-29-54)43-60(56)49-73(69)81-74(75)50-68-67-44-55-34-38-63(42-59(55)48-72(67)82-77(68)76)79(61-30-18-8-19-31-61)70-46-57(51-22-10-4-11-23-51)36-40-65(70)53-26-14-6-15-27-53/h4-50H,1-3H3. The van der Waals surface area contributed by atoms with Gasteiger partial charge >= 0.3 is 0 Å². The molecule has 0 amide bonds. The number of benzene rings is 13. The van der Waals surface area contributed by atoms with Crippen molar-refractivity contribution in [1.29, 1.82) is 0 Å². The first-order chi connectivity index (χ1) is 40.3. The molecule has 0 spiro atoms. The number of hydrogen-bond acceptors (Lipinski definition) is 4. The van der Waals surface area contributed by atoms with Crippen LogP contribution < -0.4 is 9.80 Å². The molecule has 2 aromatic heterocycles. The minimum atomic E-state index is -0.296. The smallest absolute Gasteiger partial charge is 0.140 e. The highest BCUT2D eigenvalue weighted by Crippen LogP contribution is 2.49. The molecular weight excluding hydrogens is 997 g/mol. The molecule has 15 aromatic rings. The van der Waals surface area contributed by atoms with E-state index in [1.54, 1.807) is 0 Å². The number of para-hydroxylation sites is 2. The van der Waals surface area contributed by atoms with Gasteiger partial charge in [-0.25, -0.2) is 0 Å². The lowest BCUT2D eigenvalue weighted by molar-refractivity contribution is 0.577. The fourth-order valence-corrected chi connectivity index (χ4v) is 12.4. The van der Waals surface area contributed by atoms with Crippen molar-refractivity contribution in [2.75, 3.05) is 9.80 Å². The van der Waals surface area contributed by atoms with Gasteiger partial charge in [0.25, 0.3) is 0 Å². The van der Waals surface area contributed by atoms with E-state index in [2.05, 4.69) is 316 Å². The molecule has 0 radical (unpaired) electrons. The highest BCUT2D eigenvalue weighted by atomic mass is 16.3. The average molecular weight is 1050 g/mol. The third kappa shape index (κ3) is 8.56. The number of nitrogens with zero attached hydrogens (tertiary/aromatic N) is 2. The van der Waals surface area contributed by atoms with Crippen molar-refractivity contribution < 1.29 is 8.83 Å².